The van der Waals surface area contributed by atoms with Crippen molar-refractivity contribution in [3.05, 3.63) is 29.6 Å². The fourth-order valence-corrected chi connectivity index (χ4v) is 2.11. The van der Waals surface area contributed by atoms with E-state index in [9.17, 15) is 9.59 Å². The number of aromatic nitrogens is 1. The van der Waals surface area contributed by atoms with Gasteiger partial charge in [0, 0.05) is 25.3 Å². The lowest BCUT2D eigenvalue weighted by Gasteiger charge is -2.19. The largest absolute Gasteiger partial charge is 0.477 e. The van der Waals surface area contributed by atoms with Crippen LogP contribution in [0.4, 0.5) is 0 Å². The van der Waals surface area contributed by atoms with Gasteiger partial charge in [0.05, 0.1) is 5.56 Å². The number of nitrogens with one attached hydrogen (secondary N) is 1. The molecular weight excluding hydrogens is 258 g/mol. The van der Waals surface area contributed by atoms with Gasteiger partial charge in [0.15, 0.2) is 0 Å². The first kappa shape index (κ1) is 14.5. The zero-order valence-electron chi connectivity index (χ0n) is 11.5. The molecule has 6 nitrogen and oxygen atoms in total. The summed E-state index contributed by atoms with van der Waals surface area (Å²) in [5.41, 5.74) is 0.317. The predicted molar refractivity (Wildman–Crippen MR) is 73.8 cm³/mol. The highest BCUT2D eigenvalue weighted by atomic mass is 16.4. The SMILES string of the molecule is CCN(CCNC(=O)c1ccc(C(=O)O)nc1)C1CC1. The summed E-state index contributed by atoms with van der Waals surface area (Å²) < 4.78 is 0. The lowest BCUT2D eigenvalue weighted by atomic mass is 10.2. The Kier molecular flexibility index (Phi) is 4.68. The monoisotopic (exact) mass is 277 g/mol. The second-order valence-corrected chi connectivity index (χ2v) is 4.85. The fraction of sp³-hybridized carbons (Fsp3) is 0.500. The van der Waals surface area contributed by atoms with Crippen molar-refractivity contribution in [3.63, 3.8) is 0 Å². The highest BCUT2D eigenvalue weighted by molar-refractivity contribution is 5.94. The number of aromatic carboxylic acids is 1. The summed E-state index contributed by atoms with van der Waals surface area (Å²) in [5, 5.41) is 11.6. The van der Waals surface area contributed by atoms with Gasteiger partial charge in [-0.2, -0.15) is 0 Å². The standard InChI is InChI=1S/C14H19N3O3/c1-2-17(11-4-5-11)8-7-15-13(18)10-3-6-12(14(19)20)16-9-10/h3,6,9,11H,2,4-5,7-8H2,1H3,(H,15,18)(H,19,20). The van der Waals surface area contributed by atoms with E-state index in [1.807, 2.05) is 0 Å². The number of likely N-dealkylation sites (N-methyl/N-ethyl adjacent to an activating group) is 1. The third-order valence-electron chi connectivity index (χ3n) is 3.40. The van der Waals surface area contributed by atoms with E-state index >= 15 is 0 Å². The average molecular weight is 277 g/mol. The van der Waals surface area contributed by atoms with Crippen LogP contribution in [0.1, 0.15) is 40.6 Å². The summed E-state index contributed by atoms with van der Waals surface area (Å²) >= 11 is 0. The molecule has 1 heterocycles. The summed E-state index contributed by atoms with van der Waals surface area (Å²) in [6.45, 7) is 4.54. The molecule has 0 unspecified atom stereocenters. The molecular formula is C14H19N3O3. The molecule has 2 rings (SSSR count). The Labute approximate surface area is 117 Å². The molecule has 6 heteroatoms. The normalized spacial score (nSPS) is 14.3. The number of carbonyl (C=O) groups is 2. The van der Waals surface area contributed by atoms with Crippen molar-refractivity contribution < 1.29 is 14.7 Å². The lowest BCUT2D eigenvalue weighted by Crippen LogP contribution is -2.36. The fourth-order valence-electron chi connectivity index (χ4n) is 2.11. The van der Waals surface area contributed by atoms with Crippen LogP contribution >= 0.6 is 0 Å². The third-order valence-corrected chi connectivity index (χ3v) is 3.40. The molecule has 0 aliphatic heterocycles. The van der Waals surface area contributed by atoms with Crippen molar-refractivity contribution in [2.45, 2.75) is 25.8 Å². The summed E-state index contributed by atoms with van der Waals surface area (Å²) in [6, 6.07) is 3.50. The molecule has 1 aliphatic rings. The quantitative estimate of drug-likeness (QED) is 0.776. The summed E-state index contributed by atoms with van der Waals surface area (Å²) in [4.78, 5) is 28.6. The molecule has 1 fully saturated rings. The van der Waals surface area contributed by atoms with Crippen LogP contribution in [0.5, 0.6) is 0 Å². The van der Waals surface area contributed by atoms with E-state index in [0.29, 0.717) is 18.2 Å². The first-order valence-electron chi connectivity index (χ1n) is 6.83. The average Bonchev–Trinajstić information content (AvgIpc) is 3.28. The van der Waals surface area contributed by atoms with Gasteiger partial charge in [-0.15, -0.1) is 0 Å². The summed E-state index contributed by atoms with van der Waals surface area (Å²) in [7, 11) is 0. The van der Waals surface area contributed by atoms with Crippen LogP contribution in [0.3, 0.4) is 0 Å². The van der Waals surface area contributed by atoms with E-state index in [1.165, 1.54) is 31.2 Å². The Morgan fingerprint density at radius 2 is 2.20 bits per heavy atom. The van der Waals surface area contributed by atoms with Gasteiger partial charge in [0.25, 0.3) is 5.91 Å². The number of amides is 1. The van der Waals surface area contributed by atoms with Crippen molar-refractivity contribution in [2.24, 2.45) is 0 Å². The first-order valence-corrected chi connectivity index (χ1v) is 6.83. The maximum absolute atomic E-state index is 11.9. The molecule has 2 N–H and O–H groups in total. The van der Waals surface area contributed by atoms with Crippen molar-refractivity contribution in [1.29, 1.82) is 0 Å². The minimum absolute atomic E-state index is 0.0626. The molecule has 108 valence electrons. The Morgan fingerprint density at radius 3 is 2.70 bits per heavy atom. The van der Waals surface area contributed by atoms with E-state index in [2.05, 4.69) is 22.1 Å². The van der Waals surface area contributed by atoms with Crippen LogP contribution in [0, 0.1) is 0 Å². The van der Waals surface area contributed by atoms with E-state index in [0.717, 1.165) is 13.1 Å². The molecule has 0 spiro atoms. The zero-order valence-corrected chi connectivity index (χ0v) is 11.5. The minimum Gasteiger partial charge on any atom is -0.477 e. The maximum Gasteiger partial charge on any atom is 0.354 e. The number of carboxylic acid groups (broad SMARTS) is 1. The Morgan fingerprint density at radius 1 is 1.45 bits per heavy atom. The predicted octanol–water partition coefficient (Wildman–Crippen LogP) is 0.994. The second-order valence-electron chi connectivity index (χ2n) is 4.85. The van der Waals surface area contributed by atoms with Gasteiger partial charge in [-0.1, -0.05) is 6.92 Å². The number of rotatable bonds is 7. The topological polar surface area (TPSA) is 82.5 Å². The van der Waals surface area contributed by atoms with Crippen LogP contribution in [0.25, 0.3) is 0 Å². The number of carbonyl (C=O) groups excluding carboxylic acids is 1. The maximum atomic E-state index is 11.9. The van der Waals surface area contributed by atoms with Crippen molar-refractivity contribution in [2.75, 3.05) is 19.6 Å². The highest BCUT2D eigenvalue weighted by Crippen LogP contribution is 2.25. The van der Waals surface area contributed by atoms with Crippen molar-refractivity contribution in [3.8, 4) is 0 Å². The molecule has 0 bridgehead atoms. The number of hydrogen-bond donors (Lipinski definition) is 2. The molecule has 1 aromatic rings. The second kappa shape index (κ2) is 6.47. The lowest BCUT2D eigenvalue weighted by molar-refractivity contribution is 0.0689. The van der Waals surface area contributed by atoms with Crippen LogP contribution in [0.2, 0.25) is 0 Å². The zero-order chi connectivity index (χ0) is 14.5. The smallest absolute Gasteiger partial charge is 0.354 e. The summed E-state index contributed by atoms with van der Waals surface area (Å²) in [6.07, 6.45) is 3.79. The summed E-state index contributed by atoms with van der Waals surface area (Å²) in [5.74, 6) is -1.32. The van der Waals surface area contributed by atoms with Crippen LogP contribution < -0.4 is 5.32 Å². The third kappa shape index (κ3) is 3.77. The Bertz CT molecular complexity index is 483. The van der Waals surface area contributed by atoms with Gasteiger partial charge in [-0.25, -0.2) is 9.78 Å². The van der Waals surface area contributed by atoms with Gasteiger partial charge in [0.2, 0.25) is 0 Å². The van der Waals surface area contributed by atoms with E-state index < -0.39 is 5.97 Å². The van der Waals surface area contributed by atoms with Gasteiger partial charge in [-0.05, 0) is 31.5 Å². The van der Waals surface area contributed by atoms with E-state index in [4.69, 9.17) is 5.11 Å². The van der Waals surface area contributed by atoms with Gasteiger partial charge in [0.1, 0.15) is 5.69 Å². The van der Waals surface area contributed by atoms with Gasteiger partial charge < -0.3 is 10.4 Å². The number of pyridine rings is 1. The van der Waals surface area contributed by atoms with E-state index in [-0.39, 0.29) is 11.6 Å². The number of carboxylic acids is 1. The van der Waals surface area contributed by atoms with Gasteiger partial charge >= 0.3 is 5.97 Å². The molecule has 1 aliphatic carbocycles. The van der Waals surface area contributed by atoms with Crippen LogP contribution in [-0.4, -0.2) is 52.5 Å². The molecule has 1 aromatic heterocycles. The minimum atomic E-state index is -1.10. The van der Waals surface area contributed by atoms with E-state index in [1.54, 1.807) is 0 Å². The molecule has 0 radical (unpaired) electrons. The van der Waals surface area contributed by atoms with Crippen molar-refractivity contribution >= 4 is 11.9 Å². The number of nitrogens with zero attached hydrogens (tertiary/aromatic N) is 2. The Hall–Kier alpha value is -1.95. The molecule has 1 amide bonds. The highest BCUT2D eigenvalue weighted by Gasteiger charge is 2.27. The van der Waals surface area contributed by atoms with Crippen LogP contribution in [-0.2, 0) is 0 Å². The first-order chi connectivity index (χ1) is 9.61. The molecule has 1 saturated carbocycles. The van der Waals surface area contributed by atoms with Crippen molar-refractivity contribution in [1.82, 2.24) is 15.2 Å². The van der Waals surface area contributed by atoms with Gasteiger partial charge in [-0.3, -0.25) is 9.69 Å². The number of hydrogen-bond acceptors (Lipinski definition) is 4. The van der Waals surface area contributed by atoms with Crippen LogP contribution in [0.15, 0.2) is 18.3 Å². The molecule has 0 saturated heterocycles. The molecule has 0 atom stereocenters. The molecule has 20 heavy (non-hydrogen) atoms. The Balaban J connectivity index is 1.80. The molecule has 0 aromatic carbocycles.